The van der Waals surface area contributed by atoms with E-state index in [9.17, 15) is 19.5 Å². The maximum absolute atomic E-state index is 14.1. The fourth-order valence-electron chi connectivity index (χ4n) is 6.31. The summed E-state index contributed by atoms with van der Waals surface area (Å²) in [5.74, 6) is -1.99. The van der Waals surface area contributed by atoms with Crippen LogP contribution in [0.1, 0.15) is 52.5 Å². The van der Waals surface area contributed by atoms with Crippen LogP contribution in [0.4, 0.5) is 0 Å². The minimum atomic E-state index is -0.744. The lowest BCUT2D eigenvalue weighted by Gasteiger charge is -2.39. The normalized spacial score (nSPS) is 33.5. The summed E-state index contributed by atoms with van der Waals surface area (Å²) in [5, 5.41) is 13.4. The molecular formula is C26H36N2O5S. The van der Waals surface area contributed by atoms with Gasteiger partial charge in [0.15, 0.2) is 0 Å². The van der Waals surface area contributed by atoms with Crippen LogP contribution in [0.3, 0.4) is 0 Å². The summed E-state index contributed by atoms with van der Waals surface area (Å²) in [5.41, 5.74) is 0.973. The van der Waals surface area contributed by atoms with Crippen molar-refractivity contribution in [1.29, 1.82) is 0 Å². The molecule has 1 spiro atoms. The molecule has 0 saturated carbocycles. The highest BCUT2D eigenvalue weighted by molar-refractivity contribution is 8.02. The summed E-state index contributed by atoms with van der Waals surface area (Å²) in [7, 11) is 0. The first-order valence-electron chi connectivity index (χ1n) is 12.4. The summed E-state index contributed by atoms with van der Waals surface area (Å²) in [6, 6.07) is 8.43. The van der Waals surface area contributed by atoms with Gasteiger partial charge in [0, 0.05) is 11.3 Å². The molecule has 3 aliphatic rings. The number of hydrogen-bond donors (Lipinski definition) is 2. The molecule has 1 aromatic carbocycles. The van der Waals surface area contributed by atoms with E-state index < -0.39 is 33.4 Å². The van der Waals surface area contributed by atoms with Crippen LogP contribution in [0.15, 0.2) is 30.3 Å². The van der Waals surface area contributed by atoms with Gasteiger partial charge < -0.3 is 20.1 Å². The zero-order chi connectivity index (χ0) is 24.7. The fourth-order valence-corrected chi connectivity index (χ4v) is 8.64. The molecule has 3 heterocycles. The second-order valence-electron chi connectivity index (χ2n) is 10.1. The molecule has 1 aromatic rings. The maximum Gasteiger partial charge on any atom is 0.311 e. The third kappa shape index (κ3) is 3.83. The van der Waals surface area contributed by atoms with Gasteiger partial charge >= 0.3 is 5.97 Å². The maximum atomic E-state index is 14.1. The molecule has 0 radical (unpaired) electrons. The third-order valence-electron chi connectivity index (χ3n) is 8.16. The number of likely N-dealkylation sites (tertiary alicyclic amines) is 1. The van der Waals surface area contributed by atoms with Crippen LogP contribution in [0.5, 0.6) is 0 Å². The number of nitrogens with one attached hydrogen (secondary N) is 1. The Morgan fingerprint density at radius 2 is 1.97 bits per heavy atom. The molecule has 7 atom stereocenters. The van der Waals surface area contributed by atoms with E-state index in [4.69, 9.17) is 4.74 Å². The van der Waals surface area contributed by atoms with Crippen molar-refractivity contribution in [2.45, 2.75) is 75.1 Å². The number of carbonyl (C=O) groups is 3. The fraction of sp³-hybridized carbons (Fsp3) is 0.654. The number of ether oxygens (including phenoxy) is 1. The zero-order valence-corrected chi connectivity index (χ0v) is 21.3. The molecule has 4 rings (SSSR count). The number of aliphatic hydroxyl groups excluding tert-OH is 1. The molecule has 2 bridgehead atoms. The molecule has 2 N–H and O–H groups in total. The smallest absolute Gasteiger partial charge is 0.311 e. The Morgan fingerprint density at radius 3 is 2.59 bits per heavy atom. The van der Waals surface area contributed by atoms with Gasteiger partial charge in [-0.05, 0) is 38.2 Å². The Labute approximate surface area is 206 Å². The van der Waals surface area contributed by atoms with Crippen molar-refractivity contribution in [2.75, 3.05) is 13.2 Å². The Morgan fingerprint density at radius 1 is 1.26 bits per heavy atom. The third-order valence-corrected chi connectivity index (χ3v) is 10.1. The molecule has 34 heavy (non-hydrogen) atoms. The molecule has 3 aliphatic heterocycles. The molecule has 3 fully saturated rings. The van der Waals surface area contributed by atoms with E-state index in [1.165, 1.54) is 0 Å². The number of amides is 2. The molecule has 0 aliphatic carbocycles. The minimum Gasteiger partial charge on any atom is -0.466 e. The van der Waals surface area contributed by atoms with Gasteiger partial charge in [0.2, 0.25) is 11.8 Å². The topological polar surface area (TPSA) is 95.9 Å². The van der Waals surface area contributed by atoms with Crippen LogP contribution in [-0.2, 0) is 25.7 Å². The molecule has 7 nitrogen and oxygen atoms in total. The lowest BCUT2D eigenvalue weighted by Crippen LogP contribution is -2.57. The molecule has 0 aromatic heterocycles. The predicted octanol–water partition coefficient (Wildman–Crippen LogP) is 2.75. The standard InChI is InChI=1S/C26H36N2O5S/c1-5-16(3)18(15-29)28-21(22(30)27-14-17-10-8-7-9-11-17)26-13-12-25(4,34-26)20(19(26)23(28)31)24(32)33-6-2/h7-11,16,18-21,29H,5-6,12-15H2,1-4H3,(H,27,30)/t16-,18-,19-,20+,21?,25-,26?/m0/s1. The van der Waals surface area contributed by atoms with Gasteiger partial charge in [0.1, 0.15) is 6.04 Å². The summed E-state index contributed by atoms with van der Waals surface area (Å²) in [6.07, 6.45) is 2.19. The summed E-state index contributed by atoms with van der Waals surface area (Å²) < 4.78 is 4.27. The summed E-state index contributed by atoms with van der Waals surface area (Å²) >= 11 is 1.62. The zero-order valence-electron chi connectivity index (χ0n) is 20.5. The number of aliphatic hydroxyl groups is 1. The number of thioether (sulfide) groups is 1. The number of esters is 1. The van der Waals surface area contributed by atoms with Crippen LogP contribution < -0.4 is 5.32 Å². The lowest BCUT2D eigenvalue weighted by atomic mass is 9.66. The predicted molar refractivity (Wildman–Crippen MR) is 131 cm³/mol. The van der Waals surface area contributed by atoms with E-state index in [2.05, 4.69) is 5.32 Å². The molecule has 186 valence electrons. The van der Waals surface area contributed by atoms with Crippen molar-refractivity contribution in [3.05, 3.63) is 35.9 Å². The SMILES string of the molecule is CCOC(=O)[C@H]1[C@H]2C(=O)N([C@@H](CO)[C@@H](C)CC)C(C(=O)NCc3ccccc3)C23CC[C@]1(C)S3. The number of fused-ring (bicyclic) bond motifs is 1. The highest BCUT2D eigenvalue weighted by Crippen LogP contribution is 2.71. The van der Waals surface area contributed by atoms with Gasteiger partial charge in [-0.1, -0.05) is 50.6 Å². The number of carbonyl (C=O) groups excluding carboxylic acids is 3. The molecule has 2 unspecified atom stereocenters. The number of rotatable bonds is 9. The number of nitrogens with zero attached hydrogens (tertiary/aromatic N) is 1. The number of hydrogen-bond acceptors (Lipinski definition) is 6. The largest absolute Gasteiger partial charge is 0.466 e. The van der Waals surface area contributed by atoms with Crippen LogP contribution in [0.2, 0.25) is 0 Å². The lowest BCUT2D eigenvalue weighted by molar-refractivity contribution is -0.155. The monoisotopic (exact) mass is 488 g/mol. The van der Waals surface area contributed by atoms with E-state index in [0.717, 1.165) is 18.4 Å². The first kappa shape index (κ1) is 25.0. The average Bonchev–Trinajstić information content (AvgIpc) is 3.40. The van der Waals surface area contributed by atoms with Gasteiger partial charge in [0.25, 0.3) is 0 Å². The quantitative estimate of drug-likeness (QED) is 0.519. The molecular weight excluding hydrogens is 452 g/mol. The van der Waals surface area contributed by atoms with Crippen LogP contribution in [-0.4, -0.2) is 62.6 Å². The van der Waals surface area contributed by atoms with Crippen LogP contribution in [0, 0.1) is 17.8 Å². The molecule has 3 saturated heterocycles. The Bertz CT molecular complexity index is 942. The second kappa shape index (κ2) is 9.53. The van der Waals surface area contributed by atoms with Gasteiger partial charge in [-0.15, -0.1) is 11.8 Å². The van der Waals surface area contributed by atoms with E-state index >= 15 is 0 Å². The minimum absolute atomic E-state index is 0.00688. The van der Waals surface area contributed by atoms with Crippen molar-refractivity contribution >= 4 is 29.5 Å². The molecule has 8 heteroatoms. The second-order valence-corrected chi connectivity index (χ2v) is 12.0. The van der Waals surface area contributed by atoms with Gasteiger partial charge in [-0.25, -0.2) is 0 Å². The van der Waals surface area contributed by atoms with E-state index in [1.807, 2.05) is 51.1 Å². The van der Waals surface area contributed by atoms with Crippen LogP contribution >= 0.6 is 11.8 Å². The van der Waals surface area contributed by atoms with Crippen molar-refractivity contribution in [3.63, 3.8) is 0 Å². The van der Waals surface area contributed by atoms with E-state index in [-0.39, 0.29) is 36.9 Å². The first-order chi connectivity index (χ1) is 16.2. The van der Waals surface area contributed by atoms with E-state index in [1.54, 1.807) is 23.6 Å². The summed E-state index contributed by atoms with van der Waals surface area (Å²) in [6.45, 7) is 8.19. The van der Waals surface area contributed by atoms with E-state index in [0.29, 0.717) is 13.0 Å². The van der Waals surface area contributed by atoms with Crippen molar-refractivity contribution in [3.8, 4) is 0 Å². The Balaban J connectivity index is 1.73. The summed E-state index contributed by atoms with van der Waals surface area (Å²) in [4.78, 5) is 42.6. The number of benzene rings is 1. The van der Waals surface area contributed by atoms with Gasteiger partial charge in [0.05, 0.1) is 35.8 Å². The Hall–Kier alpha value is -2.06. The van der Waals surface area contributed by atoms with Crippen molar-refractivity contribution < 1.29 is 24.2 Å². The highest BCUT2D eigenvalue weighted by Gasteiger charge is 2.78. The van der Waals surface area contributed by atoms with Gasteiger partial charge in [-0.3, -0.25) is 14.4 Å². The van der Waals surface area contributed by atoms with Gasteiger partial charge in [-0.2, -0.15) is 0 Å². The van der Waals surface area contributed by atoms with Crippen LogP contribution in [0.25, 0.3) is 0 Å². The molecule has 2 amide bonds. The first-order valence-corrected chi connectivity index (χ1v) is 13.2. The highest BCUT2D eigenvalue weighted by atomic mass is 32.2. The van der Waals surface area contributed by atoms with Crippen molar-refractivity contribution in [2.24, 2.45) is 17.8 Å². The van der Waals surface area contributed by atoms with Crippen molar-refractivity contribution in [1.82, 2.24) is 10.2 Å². The Kier molecular flexibility index (Phi) is 7.02. The average molecular weight is 489 g/mol.